The Kier molecular flexibility index (Phi) is 7.94. The minimum Gasteiger partial charge on any atom is -0.460 e. The highest BCUT2D eigenvalue weighted by atomic mass is 19.1. The molecule has 0 radical (unpaired) electrons. The summed E-state index contributed by atoms with van der Waals surface area (Å²) in [4.78, 5) is 49.6. The summed E-state index contributed by atoms with van der Waals surface area (Å²) in [6.07, 6.45) is 0.261. The number of esters is 1. The van der Waals surface area contributed by atoms with E-state index in [0.29, 0.717) is 29.7 Å². The number of anilines is 1. The highest BCUT2D eigenvalue weighted by molar-refractivity contribution is 5.91. The zero-order valence-electron chi connectivity index (χ0n) is 22.6. The SMILES string of the molecule is CC(=O)NC[C@H]1CN(c2ccc(-c3ccc(CNC(=O)C4(CC(=O)OC(C)(C)C)CC4)cc3)c(F)c2)C(=O)O1. The number of carbonyl (C=O) groups excluding carboxylic acids is 4. The van der Waals surface area contributed by atoms with E-state index in [1.807, 2.05) is 0 Å². The molecule has 1 heterocycles. The van der Waals surface area contributed by atoms with Gasteiger partial charge in [0.05, 0.1) is 30.6 Å². The molecule has 3 amide bonds. The predicted molar refractivity (Wildman–Crippen MR) is 142 cm³/mol. The van der Waals surface area contributed by atoms with Crippen molar-refractivity contribution >= 4 is 29.6 Å². The Bertz CT molecular complexity index is 1270. The first kappa shape index (κ1) is 28.1. The van der Waals surface area contributed by atoms with Gasteiger partial charge in [0.1, 0.15) is 17.5 Å². The van der Waals surface area contributed by atoms with Crippen LogP contribution in [-0.4, -0.2) is 48.7 Å². The maximum absolute atomic E-state index is 15.0. The van der Waals surface area contributed by atoms with Crippen molar-refractivity contribution in [3.05, 3.63) is 53.8 Å². The van der Waals surface area contributed by atoms with Gasteiger partial charge in [0.15, 0.2) is 0 Å². The lowest BCUT2D eigenvalue weighted by Crippen LogP contribution is -2.34. The van der Waals surface area contributed by atoms with E-state index in [1.165, 1.54) is 17.9 Å². The molecule has 2 aliphatic rings. The lowest BCUT2D eigenvalue weighted by Gasteiger charge is -2.21. The third-order valence-electron chi connectivity index (χ3n) is 6.67. The molecule has 10 heteroatoms. The van der Waals surface area contributed by atoms with E-state index in [-0.39, 0.29) is 43.8 Å². The maximum atomic E-state index is 15.0. The number of halogens is 1. The summed E-state index contributed by atoms with van der Waals surface area (Å²) in [5.41, 5.74) is 0.923. The van der Waals surface area contributed by atoms with Crippen LogP contribution >= 0.6 is 0 Å². The number of cyclic esters (lactones) is 1. The zero-order valence-corrected chi connectivity index (χ0v) is 22.6. The van der Waals surface area contributed by atoms with Crippen molar-refractivity contribution in [2.24, 2.45) is 5.41 Å². The monoisotopic (exact) mass is 539 g/mol. The molecule has 0 aromatic heterocycles. The van der Waals surface area contributed by atoms with E-state index >= 15 is 4.39 Å². The molecule has 2 fully saturated rings. The molecule has 2 aromatic rings. The van der Waals surface area contributed by atoms with Crippen LogP contribution in [0.15, 0.2) is 42.5 Å². The Morgan fingerprint density at radius 3 is 2.38 bits per heavy atom. The summed E-state index contributed by atoms with van der Waals surface area (Å²) >= 11 is 0. The fourth-order valence-corrected chi connectivity index (χ4v) is 4.46. The van der Waals surface area contributed by atoms with Crippen molar-refractivity contribution in [2.75, 3.05) is 18.0 Å². The lowest BCUT2D eigenvalue weighted by molar-refractivity contribution is -0.158. The van der Waals surface area contributed by atoms with Crippen LogP contribution < -0.4 is 15.5 Å². The van der Waals surface area contributed by atoms with Gasteiger partial charge in [-0.1, -0.05) is 24.3 Å². The number of ether oxygens (including phenoxy) is 2. The van der Waals surface area contributed by atoms with Crippen LogP contribution in [0.25, 0.3) is 11.1 Å². The number of carbonyl (C=O) groups is 4. The molecule has 9 nitrogen and oxygen atoms in total. The smallest absolute Gasteiger partial charge is 0.414 e. The van der Waals surface area contributed by atoms with Crippen LogP contribution in [-0.2, 0) is 30.4 Å². The Labute approximate surface area is 227 Å². The molecule has 208 valence electrons. The molecular weight excluding hydrogens is 505 g/mol. The molecule has 0 bridgehead atoms. The van der Waals surface area contributed by atoms with E-state index in [0.717, 1.165) is 5.56 Å². The van der Waals surface area contributed by atoms with Gasteiger partial charge in [-0.3, -0.25) is 19.3 Å². The second kappa shape index (κ2) is 11.0. The Balaban J connectivity index is 1.33. The van der Waals surface area contributed by atoms with E-state index in [4.69, 9.17) is 9.47 Å². The van der Waals surface area contributed by atoms with Crippen LogP contribution in [0, 0.1) is 11.2 Å². The highest BCUT2D eigenvalue weighted by Crippen LogP contribution is 2.49. The minimum absolute atomic E-state index is 0.0649. The number of nitrogens with one attached hydrogen (secondary N) is 2. The Hall–Kier alpha value is -3.95. The third-order valence-corrected chi connectivity index (χ3v) is 6.67. The van der Waals surface area contributed by atoms with Gasteiger partial charge < -0.3 is 20.1 Å². The highest BCUT2D eigenvalue weighted by Gasteiger charge is 2.51. The van der Waals surface area contributed by atoms with Crippen molar-refractivity contribution in [3.63, 3.8) is 0 Å². The molecule has 39 heavy (non-hydrogen) atoms. The van der Waals surface area contributed by atoms with E-state index in [1.54, 1.807) is 57.2 Å². The average molecular weight is 540 g/mol. The van der Waals surface area contributed by atoms with Crippen LogP contribution in [0.4, 0.5) is 14.9 Å². The predicted octanol–water partition coefficient (Wildman–Crippen LogP) is 4.08. The fraction of sp³-hybridized carbons (Fsp3) is 0.448. The Morgan fingerprint density at radius 1 is 1.10 bits per heavy atom. The largest absolute Gasteiger partial charge is 0.460 e. The van der Waals surface area contributed by atoms with Crippen LogP contribution in [0.5, 0.6) is 0 Å². The van der Waals surface area contributed by atoms with Crippen molar-refractivity contribution in [1.29, 1.82) is 0 Å². The molecule has 1 atom stereocenters. The van der Waals surface area contributed by atoms with Gasteiger partial charge in [-0.2, -0.15) is 0 Å². The second-order valence-electron chi connectivity index (χ2n) is 11.1. The quantitative estimate of drug-likeness (QED) is 0.464. The van der Waals surface area contributed by atoms with Gasteiger partial charge in [-0.15, -0.1) is 0 Å². The van der Waals surface area contributed by atoms with Gasteiger partial charge in [0, 0.05) is 19.0 Å². The lowest BCUT2D eigenvalue weighted by atomic mass is 10.0. The normalized spacial score (nSPS) is 17.8. The first-order valence-corrected chi connectivity index (χ1v) is 13.0. The summed E-state index contributed by atoms with van der Waals surface area (Å²) < 4.78 is 25.6. The molecule has 2 N–H and O–H groups in total. The van der Waals surface area contributed by atoms with Crippen molar-refractivity contribution < 1.29 is 33.0 Å². The summed E-state index contributed by atoms with van der Waals surface area (Å²) in [7, 11) is 0. The number of nitrogens with zero attached hydrogens (tertiary/aromatic N) is 1. The standard InChI is InChI=1S/C29H34FN3O6/c1-18(34)31-16-22-17-33(27(37)38-22)21-9-10-23(24(30)13-21)20-7-5-19(6-8-20)15-32-26(36)29(11-12-29)14-25(35)39-28(2,3)4/h5-10,13,22H,11-12,14-17H2,1-4H3,(H,31,34)(H,32,36)/t22-/m0/s1. The number of hydrogen-bond donors (Lipinski definition) is 2. The fourth-order valence-electron chi connectivity index (χ4n) is 4.46. The summed E-state index contributed by atoms with van der Waals surface area (Å²) in [6, 6.07) is 11.7. The maximum Gasteiger partial charge on any atom is 0.414 e. The number of hydrogen-bond acceptors (Lipinski definition) is 6. The third kappa shape index (κ3) is 7.13. The molecule has 4 rings (SSSR count). The van der Waals surface area contributed by atoms with Crippen molar-refractivity contribution in [3.8, 4) is 11.1 Å². The number of amides is 3. The van der Waals surface area contributed by atoms with Crippen LogP contribution in [0.2, 0.25) is 0 Å². The molecule has 1 aliphatic carbocycles. The van der Waals surface area contributed by atoms with Gasteiger partial charge in [0.2, 0.25) is 11.8 Å². The van der Waals surface area contributed by atoms with E-state index < -0.39 is 29.0 Å². The minimum atomic E-state index is -0.696. The van der Waals surface area contributed by atoms with E-state index in [2.05, 4.69) is 10.6 Å². The van der Waals surface area contributed by atoms with Gasteiger partial charge in [0.25, 0.3) is 0 Å². The molecule has 1 aliphatic heterocycles. The first-order chi connectivity index (χ1) is 18.3. The van der Waals surface area contributed by atoms with Gasteiger partial charge in [-0.05, 0) is 62.9 Å². The van der Waals surface area contributed by atoms with E-state index in [9.17, 15) is 19.2 Å². The molecular formula is C29H34FN3O6. The average Bonchev–Trinajstić information content (AvgIpc) is 3.53. The molecule has 0 spiro atoms. The van der Waals surface area contributed by atoms with Gasteiger partial charge in [-0.25, -0.2) is 9.18 Å². The van der Waals surface area contributed by atoms with Gasteiger partial charge >= 0.3 is 12.1 Å². The molecule has 2 aromatic carbocycles. The van der Waals surface area contributed by atoms with Crippen LogP contribution in [0.1, 0.15) is 52.5 Å². The Morgan fingerprint density at radius 2 is 1.79 bits per heavy atom. The summed E-state index contributed by atoms with van der Waals surface area (Å²) in [5, 5.41) is 5.52. The number of rotatable bonds is 9. The molecule has 0 unspecified atom stereocenters. The topological polar surface area (TPSA) is 114 Å². The molecule has 1 saturated carbocycles. The van der Waals surface area contributed by atoms with Crippen molar-refractivity contribution in [2.45, 2.75) is 65.2 Å². The molecule has 1 saturated heterocycles. The van der Waals surface area contributed by atoms with Crippen LogP contribution in [0.3, 0.4) is 0 Å². The summed E-state index contributed by atoms with van der Waals surface area (Å²) in [6.45, 7) is 7.45. The first-order valence-electron chi connectivity index (χ1n) is 13.0. The van der Waals surface area contributed by atoms with Crippen molar-refractivity contribution in [1.82, 2.24) is 10.6 Å². The second-order valence-corrected chi connectivity index (χ2v) is 11.1. The number of benzene rings is 2. The zero-order chi connectivity index (χ0) is 28.4. The summed E-state index contributed by atoms with van der Waals surface area (Å²) in [5.74, 6) is -1.26.